The predicted molar refractivity (Wildman–Crippen MR) is 51.8 cm³/mol. The van der Waals surface area contributed by atoms with E-state index in [9.17, 15) is 9.18 Å². The molecule has 0 aliphatic rings. The molecule has 0 bridgehead atoms. The van der Waals surface area contributed by atoms with E-state index in [2.05, 4.69) is 11.8 Å². The van der Waals surface area contributed by atoms with E-state index in [-0.39, 0.29) is 12.0 Å². The zero-order valence-corrected chi connectivity index (χ0v) is 7.75. The van der Waals surface area contributed by atoms with Crippen molar-refractivity contribution in [2.75, 3.05) is 0 Å². The first-order valence-electron chi connectivity index (χ1n) is 4.10. The van der Waals surface area contributed by atoms with Crippen LogP contribution in [0.3, 0.4) is 0 Å². The second-order valence-corrected chi connectivity index (χ2v) is 2.75. The number of nitriles is 1. The standard InChI is InChI=1S/C11H7FN2O/c12-10-5-4-8(6-9(10)7-13)2-1-3-11(14)15/h4-6H,3H2,(H2,14,15). The van der Waals surface area contributed by atoms with Gasteiger partial charge in [0, 0.05) is 5.56 Å². The summed E-state index contributed by atoms with van der Waals surface area (Å²) in [4.78, 5) is 10.4. The summed E-state index contributed by atoms with van der Waals surface area (Å²) in [6.07, 6.45) is -0.0563. The highest BCUT2D eigenvalue weighted by molar-refractivity contribution is 5.76. The van der Waals surface area contributed by atoms with Crippen LogP contribution < -0.4 is 5.73 Å². The highest BCUT2D eigenvalue weighted by atomic mass is 19.1. The molecule has 0 spiro atoms. The van der Waals surface area contributed by atoms with Gasteiger partial charge in [-0.1, -0.05) is 11.8 Å². The lowest BCUT2D eigenvalue weighted by Crippen LogP contribution is -2.08. The van der Waals surface area contributed by atoms with Crippen LogP contribution in [0.1, 0.15) is 17.5 Å². The van der Waals surface area contributed by atoms with Crippen molar-refractivity contribution < 1.29 is 9.18 Å². The minimum absolute atomic E-state index is 0.0563. The summed E-state index contributed by atoms with van der Waals surface area (Å²) >= 11 is 0. The molecule has 0 fully saturated rings. The first-order chi connectivity index (χ1) is 7.13. The van der Waals surface area contributed by atoms with E-state index < -0.39 is 11.7 Å². The fourth-order valence-corrected chi connectivity index (χ4v) is 0.922. The van der Waals surface area contributed by atoms with Gasteiger partial charge in [-0.3, -0.25) is 4.79 Å². The second-order valence-electron chi connectivity index (χ2n) is 2.75. The molecule has 0 atom stereocenters. The Morgan fingerprint density at radius 3 is 2.87 bits per heavy atom. The number of hydrogen-bond donors (Lipinski definition) is 1. The van der Waals surface area contributed by atoms with E-state index in [0.29, 0.717) is 5.56 Å². The molecule has 0 aliphatic heterocycles. The molecule has 0 unspecified atom stereocenters. The summed E-state index contributed by atoms with van der Waals surface area (Å²) in [6.45, 7) is 0. The molecule has 1 rings (SSSR count). The van der Waals surface area contributed by atoms with E-state index >= 15 is 0 Å². The van der Waals surface area contributed by atoms with E-state index in [4.69, 9.17) is 11.0 Å². The number of hydrogen-bond acceptors (Lipinski definition) is 2. The lowest BCUT2D eigenvalue weighted by Gasteiger charge is -1.93. The molecule has 3 nitrogen and oxygen atoms in total. The summed E-state index contributed by atoms with van der Waals surface area (Å²) in [5.74, 6) is 4.02. The Labute approximate surface area is 86.3 Å². The summed E-state index contributed by atoms with van der Waals surface area (Å²) in [5.41, 5.74) is 5.30. The number of primary amides is 1. The summed E-state index contributed by atoms with van der Waals surface area (Å²) in [7, 11) is 0. The lowest BCUT2D eigenvalue weighted by atomic mass is 10.1. The van der Waals surface area contributed by atoms with Gasteiger partial charge < -0.3 is 5.73 Å². The van der Waals surface area contributed by atoms with Crippen molar-refractivity contribution in [1.82, 2.24) is 0 Å². The number of benzene rings is 1. The number of nitrogens with two attached hydrogens (primary N) is 1. The minimum Gasteiger partial charge on any atom is -0.369 e. The van der Waals surface area contributed by atoms with E-state index in [1.165, 1.54) is 12.1 Å². The van der Waals surface area contributed by atoms with Crippen LogP contribution in [0.15, 0.2) is 18.2 Å². The summed E-state index contributed by atoms with van der Waals surface area (Å²) in [6, 6.07) is 5.62. The van der Waals surface area contributed by atoms with E-state index in [1.54, 1.807) is 6.07 Å². The Hall–Kier alpha value is -2.33. The van der Waals surface area contributed by atoms with Crippen molar-refractivity contribution in [3.63, 3.8) is 0 Å². The molecule has 0 radical (unpaired) electrons. The monoisotopic (exact) mass is 202 g/mol. The van der Waals surface area contributed by atoms with Crippen LogP contribution in [0, 0.1) is 29.0 Å². The van der Waals surface area contributed by atoms with E-state index in [0.717, 1.165) is 6.07 Å². The fourth-order valence-electron chi connectivity index (χ4n) is 0.922. The molecule has 4 heteroatoms. The number of amides is 1. The minimum atomic E-state index is -0.585. The third kappa shape index (κ3) is 3.13. The molecule has 1 amide bonds. The summed E-state index contributed by atoms with van der Waals surface area (Å²) in [5, 5.41) is 8.54. The van der Waals surface area contributed by atoms with Crippen LogP contribution in [0.5, 0.6) is 0 Å². The molecule has 1 aromatic carbocycles. The molecular weight excluding hydrogens is 195 g/mol. The number of rotatable bonds is 1. The zero-order chi connectivity index (χ0) is 11.3. The van der Waals surface area contributed by atoms with Crippen LogP contribution >= 0.6 is 0 Å². The smallest absolute Gasteiger partial charge is 0.229 e. The molecule has 0 aliphatic carbocycles. The lowest BCUT2D eigenvalue weighted by molar-refractivity contribution is -0.117. The third-order valence-corrected chi connectivity index (χ3v) is 1.58. The van der Waals surface area contributed by atoms with Crippen LogP contribution in [0.2, 0.25) is 0 Å². The Kier molecular flexibility index (Phi) is 3.43. The van der Waals surface area contributed by atoms with Crippen molar-refractivity contribution in [2.45, 2.75) is 6.42 Å². The normalized spacial score (nSPS) is 8.53. The average molecular weight is 202 g/mol. The highest BCUT2D eigenvalue weighted by Crippen LogP contribution is 2.08. The van der Waals surface area contributed by atoms with Gasteiger partial charge in [0.15, 0.2) is 0 Å². The van der Waals surface area contributed by atoms with Gasteiger partial charge in [-0.05, 0) is 18.2 Å². The molecule has 0 saturated heterocycles. The van der Waals surface area contributed by atoms with Crippen LogP contribution in [-0.2, 0) is 4.79 Å². The molecule has 0 heterocycles. The Bertz CT molecular complexity index is 492. The van der Waals surface area contributed by atoms with Crippen LogP contribution in [0.4, 0.5) is 4.39 Å². The largest absolute Gasteiger partial charge is 0.369 e. The van der Waals surface area contributed by atoms with Crippen LogP contribution in [-0.4, -0.2) is 5.91 Å². The quantitative estimate of drug-likeness (QED) is 0.688. The van der Waals surface area contributed by atoms with Crippen molar-refractivity contribution in [3.05, 3.63) is 35.1 Å². The predicted octanol–water partition coefficient (Wildman–Crippen LogP) is 0.924. The molecule has 0 saturated carbocycles. The van der Waals surface area contributed by atoms with Crippen molar-refractivity contribution in [3.8, 4) is 17.9 Å². The Morgan fingerprint density at radius 1 is 1.53 bits per heavy atom. The molecule has 15 heavy (non-hydrogen) atoms. The first-order valence-corrected chi connectivity index (χ1v) is 4.10. The molecule has 0 aromatic heterocycles. The molecule has 74 valence electrons. The maximum atomic E-state index is 12.9. The van der Waals surface area contributed by atoms with Gasteiger partial charge in [0.05, 0.1) is 12.0 Å². The maximum absolute atomic E-state index is 12.9. The van der Waals surface area contributed by atoms with Gasteiger partial charge in [0.2, 0.25) is 5.91 Å². The number of carbonyl (C=O) groups excluding carboxylic acids is 1. The Balaban J connectivity index is 2.92. The van der Waals surface area contributed by atoms with Crippen molar-refractivity contribution in [2.24, 2.45) is 5.73 Å². The van der Waals surface area contributed by atoms with Gasteiger partial charge in [-0.25, -0.2) is 4.39 Å². The van der Waals surface area contributed by atoms with Gasteiger partial charge in [0.25, 0.3) is 0 Å². The first kappa shape index (κ1) is 10.7. The van der Waals surface area contributed by atoms with Gasteiger partial charge >= 0.3 is 0 Å². The van der Waals surface area contributed by atoms with Crippen LogP contribution in [0.25, 0.3) is 0 Å². The molecular formula is C11H7FN2O. The van der Waals surface area contributed by atoms with Gasteiger partial charge in [-0.15, -0.1) is 0 Å². The topological polar surface area (TPSA) is 66.9 Å². The molecule has 1 aromatic rings. The third-order valence-electron chi connectivity index (χ3n) is 1.58. The fraction of sp³-hybridized carbons (Fsp3) is 0.0909. The zero-order valence-electron chi connectivity index (χ0n) is 7.75. The van der Waals surface area contributed by atoms with E-state index in [1.807, 2.05) is 0 Å². The number of carbonyl (C=O) groups is 1. The van der Waals surface area contributed by atoms with Gasteiger partial charge in [-0.2, -0.15) is 5.26 Å². The number of nitrogens with zero attached hydrogens (tertiary/aromatic N) is 1. The Morgan fingerprint density at radius 2 is 2.27 bits per heavy atom. The maximum Gasteiger partial charge on any atom is 0.229 e. The summed E-state index contributed by atoms with van der Waals surface area (Å²) < 4.78 is 12.9. The van der Waals surface area contributed by atoms with Crippen molar-refractivity contribution in [1.29, 1.82) is 5.26 Å². The highest BCUT2D eigenvalue weighted by Gasteiger charge is 2.00. The van der Waals surface area contributed by atoms with Gasteiger partial charge in [0.1, 0.15) is 11.9 Å². The molecule has 2 N–H and O–H groups in total. The number of halogens is 1. The second kappa shape index (κ2) is 4.78. The van der Waals surface area contributed by atoms with Crippen molar-refractivity contribution >= 4 is 5.91 Å². The SMILES string of the molecule is N#Cc1cc(C#CCC(N)=O)ccc1F. The average Bonchev–Trinajstić information content (AvgIpc) is 2.20.